The summed E-state index contributed by atoms with van der Waals surface area (Å²) in [5, 5.41) is 4.52. The van der Waals surface area contributed by atoms with Crippen molar-refractivity contribution >= 4 is 17.3 Å². The van der Waals surface area contributed by atoms with Gasteiger partial charge in [0.05, 0.1) is 16.8 Å². The summed E-state index contributed by atoms with van der Waals surface area (Å²) in [5.41, 5.74) is 7.05. The number of hydrogen-bond acceptors (Lipinski definition) is 5. The Morgan fingerprint density at radius 3 is 3.00 bits per heavy atom. The number of anilines is 1. The monoisotopic (exact) mass is 293 g/mol. The molecule has 0 saturated carbocycles. The smallest absolute Gasteiger partial charge is 0.257 e. The van der Waals surface area contributed by atoms with Crippen LogP contribution in [0.5, 0.6) is 0 Å². The fraction of sp³-hybridized carbons (Fsp3) is 0.429. The molecule has 0 radical (unpaired) electrons. The first kappa shape index (κ1) is 13.4. The van der Waals surface area contributed by atoms with Gasteiger partial charge in [0.1, 0.15) is 0 Å². The van der Waals surface area contributed by atoms with Crippen molar-refractivity contribution in [2.45, 2.75) is 31.8 Å². The third kappa shape index (κ3) is 2.94. The van der Waals surface area contributed by atoms with Crippen molar-refractivity contribution in [3.05, 3.63) is 29.0 Å². The summed E-state index contributed by atoms with van der Waals surface area (Å²) in [6, 6.07) is 5.27. The molecular formula is C14H16ClN3O2. The van der Waals surface area contributed by atoms with Crippen LogP contribution in [-0.4, -0.2) is 22.9 Å². The minimum absolute atomic E-state index is 0.199. The van der Waals surface area contributed by atoms with Crippen molar-refractivity contribution in [1.29, 1.82) is 0 Å². The number of hydrogen-bond donors (Lipinski definition) is 1. The van der Waals surface area contributed by atoms with Crippen molar-refractivity contribution in [3.63, 3.8) is 0 Å². The average molecular weight is 294 g/mol. The van der Waals surface area contributed by atoms with Crippen molar-refractivity contribution in [1.82, 2.24) is 10.1 Å². The first-order chi connectivity index (χ1) is 9.72. The molecule has 1 aliphatic rings. The second-order valence-corrected chi connectivity index (χ2v) is 5.35. The number of halogens is 1. The Labute approximate surface area is 122 Å². The molecule has 20 heavy (non-hydrogen) atoms. The van der Waals surface area contributed by atoms with E-state index in [0.29, 0.717) is 28.8 Å². The van der Waals surface area contributed by atoms with Crippen LogP contribution in [0.2, 0.25) is 5.02 Å². The van der Waals surface area contributed by atoms with Crippen LogP contribution in [0.3, 0.4) is 0 Å². The highest BCUT2D eigenvalue weighted by atomic mass is 35.5. The second-order valence-electron chi connectivity index (χ2n) is 4.94. The van der Waals surface area contributed by atoms with Gasteiger partial charge in [0.2, 0.25) is 0 Å². The minimum Gasteiger partial charge on any atom is -0.398 e. The molecule has 1 atom stereocenters. The zero-order valence-electron chi connectivity index (χ0n) is 11.0. The molecule has 2 aromatic rings. The zero-order chi connectivity index (χ0) is 13.9. The van der Waals surface area contributed by atoms with E-state index in [1.807, 2.05) is 6.07 Å². The number of benzene rings is 1. The Kier molecular flexibility index (Phi) is 3.89. The highest BCUT2D eigenvalue weighted by molar-refractivity contribution is 6.33. The molecule has 6 heteroatoms. The Hall–Kier alpha value is -1.59. The van der Waals surface area contributed by atoms with Crippen LogP contribution in [0.1, 0.15) is 25.1 Å². The van der Waals surface area contributed by atoms with E-state index < -0.39 is 0 Å². The van der Waals surface area contributed by atoms with Gasteiger partial charge in [0.15, 0.2) is 5.82 Å². The molecule has 1 fully saturated rings. The van der Waals surface area contributed by atoms with Gasteiger partial charge in [-0.05, 0) is 37.5 Å². The lowest BCUT2D eigenvalue weighted by atomic mass is 10.1. The van der Waals surface area contributed by atoms with E-state index in [0.717, 1.165) is 25.0 Å². The van der Waals surface area contributed by atoms with Crippen LogP contribution in [-0.2, 0) is 11.2 Å². The van der Waals surface area contributed by atoms with Crippen molar-refractivity contribution in [2.24, 2.45) is 0 Å². The van der Waals surface area contributed by atoms with Gasteiger partial charge in [-0.1, -0.05) is 16.8 Å². The maximum atomic E-state index is 5.89. The fourth-order valence-corrected chi connectivity index (χ4v) is 2.42. The molecule has 1 aromatic carbocycles. The molecular weight excluding hydrogens is 278 g/mol. The van der Waals surface area contributed by atoms with E-state index >= 15 is 0 Å². The average Bonchev–Trinajstić information content (AvgIpc) is 2.91. The molecule has 106 valence electrons. The minimum atomic E-state index is 0.199. The highest BCUT2D eigenvalue weighted by Crippen LogP contribution is 2.26. The van der Waals surface area contributed by atoms with Crippen molar-refractivity contribution in [2.75, 3.05) is 12.3 Å². The van der Waals surface area contributed by atoms with Crippen molar-refractivity contribution in [3.8, 4) is 11.5 Å². The summed E-state index contributed by atoms with van der Waals surface area (Å²) >= 11 is 5.89. The summed E-state index contributed by atoms with van der Waals surface area (Å²) in [5.74, 6) is 1.12. The SMILES string of the molecule is Nc1cc(-c2nc(CC3CCCCO3)no2)ccc1Cl. The summed E-state index contributed by atoms with van der Waals surface area (Å²) < 4.78 is 10.9. The standard InChI is InChI=1S/C14H16ClN3O2/c15-11-5-4-9(7-12(11)16)14-17-13(18-20-14)8-10-3-1-2-6-19-10/h4-5,7,10H,1-3,6,8,16H2. The topological polar surface area (TPSA) is 74.2 Å². The molecule has 3 rings (SSSR count). The van der Waals surface area contributed by atoms with Gasteiger partial charge in [0, 0.05) is 18.6 Å². The Balaban J connectivity index is 1.73. The lowest BCUT2D eigenvalue weighted by molar-refractivity contribution is 0.0153. The summed E-state index contributed by atoms with van der Waals surface area (Å²) in [7, 11) is 0. The number of nitrogens with zero attached hydrogens (tertiary/aromatic N) is 2. The Morgan fingerprint density at radius 1 is 1.35 bits per heavy atom. The maximum absolute atomic E-state index is 5.89. The van der Waals surface area contributed by atoms with Crippen LogP contribution in [0, 0.1) is 0 Å². The van der Waals surface area contributed by atoms with E-state index in [9.17, 15) is 0 Å². The third-order valence-electron chi connectivity index (χ3n) is 3.40. The number of nitrogens with two attached hydrogens (primary N) is 1. The van der Waals surface area contributed by atoms with Crippen LogP contribution in [0.4, 0.5) is 5.69 Å². The largest absolute Gasteiger partial charge is 0.398 e. The van der Waals surface area contributed by atoms with Crippen LogP contribution in [0.15, 0.2) is 22.7 Å². The van der Waals surface area contributed by atoms with Gasteiger partial charge >= 0.3 is 0 Å². The fourth-order valence-electron chi connectivity index (χ4n) is 2.30. The van der Waals surface area contributed by atoms with Gasteiger partial charge < -0.3 is 15.0 Å². The molecule has 1 saturated heterocycles. The van der Waals surface area contributed by atoms with Crippen LogP contribution >= 0.6 is 11.6 Å². The molecule has 2 N–H and O–H groups in total. The summed E-state index contributed by atoms with van der Waals surface area (Å²) in [4.78, 5) is 4.39. The Morgan fingerprint density at radius 2 is 2.25 bits per heavy atom. The second kappa shape index (κ2) is 5.81. The van der Waals surface area contributed by atoms with E-state index in [-0.39, 0.29) is 6.10 Å². The molecule has 0 spiro atoms. The molecule has 1 aromatic heterocycles. The third-order valence-corrected chi connectivity index (χ3v) is 3.74. The van der Waals surface area contributed by atoms with Gasteiger partial charge in [-0.25, -0.2) is 0 Å². The van der Waals surface area contributed by atoms with E-state index in [1.165, 1.54) is 6.42 Å². The number of ether oxygens (including phenoxy) is 1. The molecule has 1 unspecified atom stereocenters. The molecule has 0 aliphatic carbocycles. The van der Waals surface area contributed by atoms with Crippen LogP contribution < -0.4 is 5.73 Å². The zero-order valence-corrected chi connectivity index (χ0v) is 11.8. The maximum Gasteiger partial charge on any atom is 0.257 e. The van der Waals surface area contributed by atoms with E-state index in [1.54, 1.807) is 12.1 Å². The van der Waals surface area contributed by atoms with Crippen LogP contribution in [0.25, 0.3) is 11.5 Å². The lowest BCUT2D eigenvalue weighted by Crippen LogP contribution is -2.21. The van der Waals surface area contributed by atoms with Gasteiger partial charge in [0.25, 0.3) is 5.89 Å². The quantitative estimate of drug-likeness (QED) is 0.880. The highest BCUT2D eigenvalue weighted by Gasteiger charge is 2.18. The summed E-state index contributed by atoms with van der Waals surface area (Å²) in [6.07, 6.45) is 4.27. The van der Waals surface area contributed by atoms with Gasteiger partial charge in [-0.15, -0.1) is 0 Å². The molecule has 2 heterocycles. The first-order valence-electron chi connectivity index (χ1n) is 6.72. The normalized spacial score (nSPS) is 19.1. The molecule has 0 bridgehead atoms. The predicted molar refractivity (Wildman–Crippen MR) is 76.5 cm³/mol. The Bertz CT molecular complexity index is 594. The number of aromatic nitrogens is 2. The van der Waals surface area contributed by atoms with E-state index in [2.05, 4.69) is 10.1 Å². The molecule has 1 aliphatic heterocycles. The van der Waals surface area contributed by atoms with Gasteiger partial charge in [-0.3, -0.25) is 0 Å². The summed E-state index contributed by atoms with van der Waals surface area (Å²) in [6.45, 7) is 0.823. The molecule has 5 nitrogen and oxygen atoms in total. The van der Waals surface area contributed by atoms with Gasteiger partial charge in [-0.2, -0.15) is 4.98 Å². The predicted octanol–water partition coefficient (Wildman–Crippen LogP) is 3.08. The number of nitrogen functional groups attached to an aromatic ring is 1. The lowest BCUT2D eigenvalue weighted by Gasteiger charge is -2.20. The van der Waals surface area contributed by atoms with Crippen molar-refractivity contribution < 1.29 is 9.26 Å². The van der Waals surface area contributed by atoms with E-state index in [4.69, 9.17) is 26.6 Å². The number of rotatable bonds is 3. The first-order valence-corrected chi connectivity index (χ1v) is 7.10. The molecule has 0 amide bonds.